The summed E-state index contributed by atoms with van der Waals surface area (Å²) in [5.74, 6) is -1.17. The van der Waals surface area contributed by atoms with Crippen molar-refractivity contribution >= 4 is 32.9 Å². The smallest absolute Gasteiger partial charge is 0.341 e. The second-order valence-corrected chi connectivity index (χ2v) is 3.69. The molecule has 0 spiro atoms. The number of hydrogen-bond acceptors (Lipinski definition) is 4. The van der Waals surface area contributed by atoms with Crippen LogP contribution in [0.4, 0.5) is 0 Å². The molecule has 0 aliphatic carbocycles. The molecule has 0 radical (unpaired) electrons. The Labute approximate surface area is 91.2 Å². The molecule has 0 fully saturated rings. The van der Waals surface area contributed by atoms with E-state index >= 15 is 0 Å². The number of halogens is 1. The molecule has 6 nitrogen and oxygen atoms in total. The lowest BCUT2D eigenvalue weighted by molar-refractivity contribution is 0.0696. The summed E-state index contributed by atoms with van der Waals surface area (Å²) in [5.41, 5.74) is -0.467. The number of nitrogens with zero attached hydrogens (tertiary/aromatic N) is 2. The van der Waals surface area contributed by atoms with Gasteiger partial charge in [0, 0.05) is 13.2 Å². The average molecular weight is 273 g/mol. The molecule has 0 amide bonds. The third-order valence-electron chi connectivity index (χ3n) is 1.98. The molecule has 2 aromatic rings. The molecule has 0 aromatic carbocycles. The molecule has 2 rings (SSSR count). The first kappa shape index (κ1) is 9.91. The van der Waals surface area contributed by atoms with Gasteiger partial charge in [0.1, 0.15) is 10.9 Å². The van der Waals surface area contributed by atoms with Gasteiger partial charge in [-0.25, -0.2) is 4.79 Å². The maximum absolute atomic E-state index is 11.6. The van der Waals surface area contributed by atoms with Gasteiger partial charge in [-0.05, 0) is 15.9 Å². The van der Waals surface area contributed by atoms with E-state index in [-0.39, 0.29) is 26.7 Å². The summed E-state index contributed by atoms with van der Waals surface area (Å²) >= 11 is 3.02. The number of rotatable bonds is 1. The lowest BCUT2D eigenvalue weighted by Gasteiger charge is -1.99. The van der Waals surface area contributed by atoms with E-state index < -0.39 is 5.97 Å². The molecule has 0 aliphatic rings. The van der Waals surface area contributed by atoms with E-state index in [9.17, 15) is 9.59 Å². The summed E-state index contributed by atoms with van der Waals surface area (Å²) < 4.78 is 6.17. The van der Waals surface area contributed by atoms with Crippen LogP contribution in [-0.2, 0) is 7.05 Å². The molecule has 1 N–H and O–H groups in total. The fraction of sp³-hybridized carbons (Fsp3) is 0.125. The predicted octanol–water partition coefficient (Wildman–Crippen LogP) is 0.987. The number of fused-ring (bicyclic) bond motifs is 1. The van der Waals surface area contributed by atoms with E-state index in [1.807, 2.05) is 0 Å². The highest BCUT2D eigenvalue weighted by Gasteiger charge is 2.19. The van der Waals surface area contributed by atoms with Crippen LogP contribution >= 0.6 is 15.9 Å². The van der Waals surface area contributed by atoms with Crippen molar-refractivity contribution in [1.82, 2.24) is 9.72 Å². The molecule has 15 heavy (non-hydrogen) atoms. The number of aromatic nitrogens is 2. The zero-order valence-corrected chi connectivity index (χ0v) is 9.11. The van der Waals surface area contributed by atoms with Crippen molar-refractivity contribution in [1.29, 1.82) is 0 Å². The maximum Gasteiger partial charge on any atom is 0.341 e. The van der Waals surface area contributed by atoms with Gasteiger partial charge in [-0.1, -0.05) is 5.16 Å². The fourth-order valence-corrected chi connectivity index (χ4v) is 1.70. The van der Waals surface area contributed by atoms with E-state index in [1.165, 1.54) is 17.8 Å². The predicted molar refractivity (Wildman–Crippen MR) is 53.9 cm³/mol. The summed E-state index contributed by atoms with van der Waals surface area (Å²) in [6.07, 6.45) is 1.20. The number of aromatic carboxylic acids is 1. The lowest BCUT2D eigenvalue weighted by atomic mass is 10.2. The Balaban J connectivity index is 3.03. The maximum atomic E-state index is 11.6. The Bertz CT molecular complexity index is 613. The van der Waals surface area contributed by atoms with Crippen molar-refractivity contribution in [3.05, 3.63) is 26.7 Å². The number of carboxylic acid groups (broad SMARTS) is 1. The van der Waals surface area contributed by atoms with Crippen LogP contribution < -0.4 is 5.56 Å². The minimum atomic E-state index is -1.17. The van der Waals surface area contributed by atoms with Crippen LogP contribution in [0.1, 0.15) is 10.4 Å². The lowest BCUT2D eigenvalue weighted by Crippen LogP contribution is -2.18. The molecule has 78 valence electrons. The average Bonchev–Trinajstić information content (AvgIpc) is 2.54. The fourth-order valence-electron chi connectivity index (χ4n) is 1.28. The Morgan fingerprint density at radius 3 is 2.93 bits per heavy atom. The van der Waals surface area contributed by atoms with Gasteiger partial charge in [0.05, 0.1) is 0 Å². The van der Waals surface area contributed by atoms with Crippen LogP contribution in [0.2, 0.25) is 0 Å². The molecule has 0 aliphatic heterocycles. The number of hydrogen-bond donors (Lipinski definition) is 1. The summed E-state index contributed by atoms with van der Waals surface area (Å²) in [6, 6.07) is 0. The molecule has 0 saturated heterocycles. The van der Waals surface area contributed by atoms with Crippen LogP contribution in [0, 0.1) is 0 Å². The highest BCUT2D eigenvalue weighted by molar-refractivity contribution is 9.10. The molecule has 7 heteroatoms. The van der Waals surface area contributed by atoms with Crippen molar-refractivity contribution in [2.24, 2.45) is 7.05 Å². The second kappa shape index (κ2) is 3.20. The van der Waals surface area contributed by atoms with Crippen LogP contribution in [0.5, 0.6) is 0 Å². The second-order valence-electron chi connectivity index (χ2n) is 2.94. The molecule has 0 saturated carbocycles. The summed E-state index contributed by atoms with van der Waals surface area (Å²) in [4.78, 5) is 22.5. The minimum Gasteiger partial charge on any atom is -0.477 e. The van der Waals surface area contributed by atoms with Crippen LogP contribution in [0.15, 0.2) is 20.1 Å². The monoisotopic (exact) mass is 272 g/mol. The molecular weight excluding hydrogens is 268 g/mol. The highest BCUT2D eigenvalue weighted by Crippen LogP contribution is 2.22. The molecular formula is C8H5BrN2O4. The largest absolute Gasteiger partial charge is 0.477 e. The van der Waals surface area contributed by atoms with E-state index in [4.69, 9.17) is 9.63 Å². The van der Waals surface area contributed by atoms with E-state index in [1.54, 1.807) is 0 Å². The molecule has 0 unspecified atom stereocenters. The summed E-state index contributed by atoms with van der Waals surface area (Å²) in [5, 5.41) is 12.5. The Hall–Kier alpha value is -1.63. The first-order chi connectivity index (χ1) is 7.02. The zero-order valence-electron chi connectivity index (χ0n) is 7.52. The Kier molecular flexibility index (Phi) is 2.11. The molecule has 2 heterocycles. The van der Waals surface area contributed by atoms with Gasteiger partial charge in [-0.2, -0.15) is 0 Å². The summed E-state index contributed by atoms with van der Waals surface area (Å²) in [7, 11) is 1.47. The first-order valence-corrected chi connectivity index (χ1v) is 4.69. The number of carboxylic acids is 1. The molecule has 2 aromatic heterocycles. The van der Waals surface area contributed by atoms with Gasteiger partial charge in [-0.3, -0.25) is 4.79 Å². The SMILES string of the molecule is Cn1cc(C(=O)O)c2onc(Br)c2c1=O. The molecule has 0 atom stereocenters. The van der Waals surface area contributed by atoms with Crippen molar-refractivity contribution in [2.45, 2.75) is 0 Å². The van der Waals surface area contributed by atoms with Crippen LogP contribution in [0.3, 0.4) is 0 Å². The zero-order chi connectivity index (χ0) is 11.2. The normalized spacial score (nSPS) is 10.8. The molecule has 0 bridgehead atoms. The standard InChI is InChI=1S/C8H5BrN2O4/c1-11-2-3(8(13)14)5-4(7(11)12)6(9)10-15-5/h2H,1H3,(H,13,14). The van der Waals surface area contributed by atoms with Crippen LogP contribution in [0.25, 0.3) is 11.0 Å². The van der Waals surface area contributed by atoms with Gasteiger partial charge in [0.15, 0.2) is 10.2 Å². The highest BCUT2D eigenvalue weighted by atomic mass is 79.9. The Morgan fingerprint density at radius 1 is 1.67 bits per heavy atom. The quantitative estimate of drug-likeness (QED) is 0.837. The van der Waals surface area contributed by atoms with Gasteiger partial charge < -0.3 is 14.2 Å². The van der Waals surface area contributed by atoms with Crippen LogP contribution in [-0.4, -0.2) is 20.8 Å². The third kappa shape index (κ3) is 1.35. The van der Waals surface area contributed by atoms with Gasteiger partial charge in [0.25, 0.3) is 5.56 Å². The third-order valence-corrected chi connectivity index (χ3v) is 2.52. The van der Waals surface area contributed by atoms with E-state index in [0.717, 1.165) is 0 Å². The van der Waals surface area contributed by atoms with Crippen molar-refractivity contribution < 1.29 is 14.4 Å². The summed E-state index contributed by atoms with van der Waals surface area (Å²) in [6.45, 7) is 0. The van der Waals surface area contributed by atoms with Gasteiger partial charge in [-0.15, -0.1) is 0 Å². The minimum absolute atomic E-state index is 0.0162. The van der Waals surface area contributed by atoms with Crippen molar-refractivity contribution in [3.8, 4) is 0 Å². The first-order valence-electron chi connectivity index (χ1n) is 3.90. The van der Waals surface area contributed by atoms with Crippen molar-refractivity contribution in [2.75, 3.05) is 0 Å². The van der Waals surface area contributed by atoms with Gasteiger partial charge in [0.2, 0.25) is 0 Å². The number of carbonyl (C=O) groups is 1. The topological polar surface area (TPSA) is 85.3 Å². The van der Waals surface area contributed by atoms with Crippen molar-refractivity contribution in [3.63, 3.8) is 0 Å². The Morgan fingerprint density at radius 2 is 2.33 bits per heavy atom. The number of aryl methyl sites for hydroxylation is 1. The van der Waals surface area contributed by atoms with E-state index in [0.29, 0.717) is 0 Å². The van der Waals surface area contributed by atoms with Gasteiger partial charge >= 0.3 is 5.97 Å². The van der Waals surface area contributed by atoms with E-state index in [2.05, 4.69) is 21.1 Å². The number of pyridine rings is 1.